The molecule has 1 aromatic rings. The lowest BCUT2D eigenvalue weighted by atomic mass is 10.1. The molecule has 0 unspecified atom stereocenters. The van der Waals surface area contributed by atoms with Gasteiger partial charge in [-0.15, -0.1) is 0 Å². The van der Waals surface area contributed by atoms with Crippen molar-refractivity contribution in [3.63, 3.8) is 0 Å². The van der Waals surface area contributed by atoms with Crippen LogP contribution in [-0.4, -0.2) is 45.1 Å². The van der Waals surface area contributed by atoms with E-state index in [0.717, 1.165) is 0 Å². The normalized spacial score (nSPS) is 11.2. The molecule has 124 valence electrons. The van der Waals surface area contributed by atoms with E-state index >= 15 is 0 Å². The maximum Gasteiger partial charge on any atom is 0.305 e. The summed E-state index contributed by atoms with van der Waals surface area (Å²) in [5.41, 5.74) is 0. The van der Waals surface area contributed by atoms with E-state index in [1.54, 1.807) is 4.90 Å². The van der Waals surface area contributed by atoms with Crippen molar-refractivity contribution < 1.29 is 19.2 Å². The fourth-order valence-corrected chi connectivity index (χ4v) is 1.97. The molecule has 1 N–H and O–H groups in total. The van der Waals surface area contributed by atoms with Gasteiger partial charge in [0.05, 0.1) is 6.42 Å². The van der Waals surface area contributed by atoms with Crippen molar-refractivity contribution in [3.05, 3.63) is 11.7 Å². The zero-order valence-corrected chi connectivity index (χ0v) is 13.7. The van der Waals surface area contributed by atoms with Crippen molar-refractivity contribution in [2.24, 2.45) is 5.92 Å². The van der Waals surface area contributed by atoms with E-state index in [0.29, 0.717) is 24.7 Å². The van der Waals surface area contributed by atoms with E-state index in [1.165, 1.54) is 0 Å². The number of hydrogen-bond donors (Lipinski definition) is 1. The fraction of sp³-hybridized carbons (Fsp3) is 0.733. The predicted octanol–water partition coefficient (Wildman–Crippen LogP) is 2.08. The molecule has 0 bridgehead atoms. The Morgan fingerprint density at radius 3 is 2.41 bits per heavy atom. The number of hydrogen-bond acceptors (Lipinski definition) is 5. The number of carbonyl (C=O) groups is 2. The van der Waals surface area contributed by atoms with E-state index in [-0.39, 0.29) is 37.1 Å². The maximum atomic E-state index is 12.2. The molecule has 0 aromatic carbocycles. The highest BCUT2D eigenvalue weighted by molar-refractivity contribution is 5.77. The van der Waals surface area contributed by atoms with Crippen molar-refractivity contribution >= 4 is 11.9 Å². The topological polar surface area (TPSA) is 96.5 Å². The van der Waals surface area contributed by atoms with Crippen LogP contribution >= 0.6 is 0 Å². The lowest BCUT2D eigenvalue weighted by Crippen LogP contribution is -2.36. The van der Waals surface area contributed by atoms with Crippen LogP contribution < -0.4 is 0 Å². The number of aliphatic carboxylic acids is 1. The molecule has 0 aliphatic heterocycles. The van der Waals surface area contributed by atoms with Crippen LogP contribution in [0.25, 0.3) is 0 Å². The van der Waals surface area contributed by atoms with Gasteiger partial charge in [-0.3, -0.25) is 9.59 Å². The van der Waals surface area contributed by atoms with Gasteiger partial charge in [-0.1, -0.05) is 32.9 Å². The first-order valence-electron chi connectivity index (χ1n) is 7.61. The van der Waals surface area contributed by atoms with E-state index < -0.39 is 5.97 Å². The van der Waals surface area contributed by atoms with Crippen LogP contribution in [0.1, 0.15) is 58.2 Å². The predicted molar refractivity (Wildman–Crippen MR) is 80.4 cm³/mol. The molecule has 1 heterocycles. The zero-order valence-electron chi connectivity index (χ0n) is 13.7. The minimum Gasteiger partial charge on any atom is -0.481 e. The van der Waals surface area contributed by atoms with Gasteiger partial charge in [0, 0.05) is 31.8 Å². The highest BCUT2D eigenvalue weighted by atomic mass is 16.5. The number of carboxylic acids is 1. The summed E-state index contributed by atoms with van der Waals surface area (Å²) >= 11 is 0. The molecule has 0 aliphatic carbocycles. The Bertz CT molecular complexity index is 497. The number of rotatable bonds is 9. The van der Waals surface area contributed by atoms with E-state index in [9.17, 15) is 9.59 Å². The Labute approximate surface area is 130 Å². The summed E-state index contributed by atoms with van der Waals surface area (Å²) in [5.74, 6) is 0.557. The monoisotopic (exact) mass is 311 g/mol. The van der Waals surface area contributed by atoms with Crippen molar-refractivity contribution in [3.8, 4) is 0 Å². The van der Waals surface area contributed by atoms with Gasteiger partial charge in [0.25, 0.3) is 0 Å². The molecule has 22 heavy (non-hydrogen) atoms. The van der Waals surface area contributed by atoms with Crippen LogP contribution in [0.5, 0.6) is 0 Å². The van der Waals surface area contributed by atoms with Crippen molar-refractivity contribution in [1.82, 2.24) is 15.0 Å². The van der Waals surface area contributed by atoms with Crippen molar-refractivity contribution in [2.75, 3.05) is 13.1 Å². The Morgan fingerprint density at radius 1 is 1.23 bits per heavy atom. The largest absolute Gasteiger partial charge is 0.481 e. The smallest absolute Gasteiger partial charge is 0.305 e. The van der Waals surface area contributed by atoms with Gasteiger partial charge in [-0.2, -0.15) is 4.98 Å². The summed E-state index contributed by atoms with van der Waals surface area (Å²) in [7, 11) is 0. The number of carbonyl (C=O) groups excluding carboxylic acids is 1. The van der Waals surface area contributed by atoms with Gasteiger partial charge in [0.1, 0.15) is 0 Å². The van der Waals surface area contributed by atoms with Crippen LogP contribution in [0, 0.1) is 5.92 Å². The van der Waals surface area contributed by atoms with Crippen molar-refractivity contribution in [1.29, 1.82) is 0 Å². The molecular formula is C15H25N3O4. The van der Waals surface area contributed by atoms with Crippen LogP contribution in [0.15, 0.2) is 4.52 Å². The van der Waals surface area contributed by atoms with Gasteiger partial charge >= 0.3 is 5.97 Å². The molecule has 0 fully saturated rings. The minimum atomic E-state index is -0.903. The standard InChI is InChI=1S/C15H25N3O4/c1-10(2)9-18(8-7-14(20)21)13(19)6-5-12-16-15(11(3)4)17-22-12/h10-11H,5-9H2,1-4H3,(H,20,21). The Kier molecular flexibility index (Phi) is 7.01. The molecule has 1 aromatic heterocycles. The van der Waals surface area contributed by atoms with Crippen LogP contribution in [0.3, 0.4) is 0 Å². The molecule has 0 spiro atoms. The van der Waals surface area contributed by atoms with E-state index in [2.05, 4.69) is 10.1 Å². The van der Waals surface area contributed by atoms with Crippen LogP contribution in [-0.2, 0) is 16.0 Å². The second-order valence-electron chi connectivity index (χ2n) is 6.08. The van der Waals surface area contributed by atoms with Crippen LogP contribution in [0.2, 0.25) is 0 Å². The fourth-order valence-electron chi connectivity index (χ4n) is 1.97. The highest BCUT2D eigenvalue weighted by Gasteiger charge is 2.18. The molecule has 7 heteroatoms. The summed E-state index contributed by atoms with van der Waals surface area (Å²) in [4.78, 5) is 28.8. The van der Waals surface area contributed by atoms with Crippen molar-refractivity contribution in [2.45, 2.75) is 52.9 Å². The summed E-state index contributed by atoms with van der Waals surface area (Å²) in [6.07, 6.45) is 0.572. The van der Waals surface area contributed by atoms with Gasteiger partial charge in [0.15, 0.2) is 5.82 Å². The summed E-state index contributed by atoms with van der Waals surface area (Å²) < 4.78 is 5.11. The maximum absolute atomic E-state index is 12.2. The Morgan fingerprint density at radius 2 is 1.91 bits per heavy atom. The van der Waals surface area contributed by atoms with Crippen LogP contribution in [0.4, 0.5) is 0 Å². The van der Waals surface area contributed by atoms with E-state index in [1.807, 2.05) is 27.7 Å². The average molecular weight is 311 g/mol. The molecule has 1 amide bonds. The summed E-state index contributed by atoms with van der Waals surface area (Å²) in [5, 5.41) is 12.6. The second-order valence-corrected chi connectivity index (χ2v) is 6.08. The Hall–Kier alpha value is -1.92. The molecule has 0 radical (unpaired) electrons. The lowest BCUT2D eigenvalue weighted by molar-refractivity contribution is -0.138. The first-order chi connectivity index (χ1) is 10.3. The van der Waals surface area contributed by atoms with Gasteiger partial charge < -0.3 is 14.5 Å². The third kappa shape index (κ3) is 6.24. The van der Waals surface area contributed by atoms with Gasteiger partial charge in [0.2, 0.25) is 11.8 Å². The molecule has 0 saturated heterocycles. The quantitative estimate of drug-likeness (QED) is 0.750. The molecule has 1 rings (SSSR count). The number of amides is 1. The molecule has 7 nitrogen and oxygen atoms in total. The molecule has 0 aliphatic rings. The molecule has 0 saturated carbocycles. The third-order valence-corrected chi connectivity index (χ3v) is 3.09. The molecular weight excluding hydrogens is 286 g/mol. The lowest BCUT2D eigenvalue weighted by Gasteiger charge is -2.23. The highest BCUT2D eigenvalue weighted by Crippen LogP contribution is 2.11. The van der Waals surface area contributed by atoms with E-state index in [4.69, 9.17) is 9.63 Å². The first-order valence-corrected chi connectivity index (χ1v) is 7.61. The summed E-state index contributed by atoms with van der Waals surface area (Å²) in [6, 6.07) is 0. The zero-order chi connectivity index (χ0) is 16.7. The number of aromatic nitrogens is 2. The number of nitrogens with zero attached hydrogens (tertiary/aromatic N) is 3. The van der Waals surface area contributed by atoms with Gasteiger partial charge in [-0.25, -0.2) is 0 Å². The minimum absolute atomic E-state index is 0.0451. The van der Waals surface area contributed by atoms with Gasteiger partial charge in [-0.05, 0) is 5.92 Å². The number of aryl methyl sites for hydroxylation is 1. The molecule has 0 atom stereocenters. The Balaban J connectivity index is 2.55. The average Bonchev–Trinajstić information content (AvgIpc) is 2.89. The third-order valence-electron chi connectivity index (χ3n) is 3.09. The first kappa shape index (κ1) is 18.1. The number of carboxylic acid groups (broad SMARTS) is 1. The second kappa shape index (κ2) is 8.51. The summed E-state index contributed by atoms with van der Waals surface area (Å²) in [6.45, 7) is 8.70. The SMILES string of the molecule is CC(C)CN(CCC(=O)O)C(=O)CCc1nc(C(C)C)no1.